The van der Waals surface area contributed by atoms with Crippen molar-refractivity contribution in [2.24, 2.45) is 0 Å². The average Bonchev–Trinajstić information content (AvgIpc) is 3.41. The van der Waals surface area contributed by atoms with Crippen LogP contribution in [0.3, 0.4) is 0 Å². The molecule has 0 radical (unpaired) electrons. The second kappa shape index (κ2) is 8.60. The van der Waals surface area contributed by atoms with Crippen molar-refractivity contribution in [1.29, 1.82) is 0 Å². The molecule has 1 aromatic heterocycles. The third-order valence-electron chi connectivity index (χ3n) is 4.63. The average molecular weight is 483 g/mol. The maximum Gasteiger partial charge on any atom is 0.257 e. The van der Waals surface area contributed by atoms with Gasteiger partial charge >= 0.3 is 0 Å². The number of carbonyl (C=O) groups excluding carboxylic acids is 1. The molecule has 2 aromatic carbocycles. The first-order valence-corrected chi connectivity index (χ1v) is 12.1. The summed E-state index contributed by atoms with van der Waals surface area (Å²) >= 11 is 13.3. The van der Waals surface area contributed by atoms with E-state index in [-0.39, 0.29) is 4.90 Å². The van der Waals surface area contributed by atoms with Gasteiger partial charge in [0.15, 0.2) is 5.01 Å². The summed E-state index contributed by atoms with van der Waals surface area (Å²) in [5.74, 6) is -0.412. The maximum absolute atomic E-state index is 12.6. The van der Waals surface area contributed by atoms with E-state index in [1.54, 1.807) is 18.2 Å². The van der Waals surface area contributed by atoms with E-state index < -0.39 is 15.9 Å². The fourth-order valence-electron chi connectivity index (χ4n) is 3.07. The highest BCUT2D eigenvalue weighted by atomic mass is 35.5. The third-order valence-corrected chi connectivity index (χ3v) is 7.96. The van der Waals surface area contributed by atoms with Crippen molar-refractivity contribution in [2.75, 3.05) is 18.4 Å². The lowest BCUT2D eigenvalue weighted by atomic mass is 10.2. The Hall–Kier alpha value is -2.04. The fourth-order valence-corrected chi connectivity index (χ4v) is 5.92. The molecule has 0 unspecified atom stereocenters. The number of hydrogen-bond acceptors (Lipinski definition) is 6. The second-order valence-electron chi connectivity index (χ2n) is 6.63. The summed E-state index contributed by atoms with van der Waals surface area (Å²) in [4.78, 5) is 12.7. The number of aromatic nitrogens is 2. The molecule has 0 atom stereocenters. The van der Waals surface area contributed by atoms with E-state index in [1.807, 2.05) is 0 Å². The summed E-state index contributed by atoms with van der Waals surface area (Å²) in [6.07, 6.45) is 1.73. The van der Waals surface area contributed by atoms with Crippen LogP contribution in [0.1, 0.15) is 23.2 Å². The Labute approximate surface area is 187 Å². The number of anilines is 1. The highest BCUT2D eigenvalue weighted by molar-refractivity contribution is 7.89. The van der Waals surface area contributed by atoms with Gasteiger partial charge in [-0.2, -0.15) is 4.31 Å². The molecule has 1 saturated heterocycles. The standard InChI is InChI=1S/C19H16Cl2N4O3S2/c20-13-5-8-15(16(21)11-13)18-23-24-19(29-18)22-17(26)12-3-6-14(7-4-12)30(27,28)25-9-1-2-10-25/h3-8,11H,1-2,9-10H2,(H,22,24,26). The predicted molar refractivity (Wildman–Crippen MR) is 118 cm³/mol. The smallest absolute Gasteiger partial charge is 0.257 e. The molecule has 1 amide bonds. The highest BCUT2D eigenvalue weighted by Crippen LogP contribution is 2.33. The molecule has 0 bridgehead atoms. The van der Waals surface area contributed by atoms with E-state index in [9.17, 15) is 13.2 Å². The molecule has 1 N–H and O–H groups in total. The van der Waals surface area contributed by atoms with E-state index in [0.29, 0.717) is 44.4 Å². The first-order chi connectivity index (χ1) is 14.3. The van der Waals surface area contributed by atoms with Crippen LogP contribution in [0.25, 0.3) is 10.6 Å². The minimum Gasteiger partial charge on any atom is -0.296 e. The predicted octanol–water partition coefficient (Wildman–Crippen LogP) is 4.55. The second-order valence-corrected chi connectivity index (χ2v) is 10.4. The highest BCUT2D eigenvalue weighted by Gasteiger charge is 2.27. The van der Waals surface area contributed by atoms with Crippen LogP contribution >= 0.6 is 34.5 Å². The Balaban J connectivity index is 1.47. The zero-order valence-electron chi connectivity index (χ0n) is 15.5. The largest absolute Gasteiger partial charge is 0.296 e. The van der Waals surface area contributed by atoms with Gasteiger partial charge in [0.25, 0.3) is 5.91 Å². The Morgan fingerprint density at radius 1 is 1.03 bits per heavy atom. The minimum absolute atomic E-state index is 0.177. The first kappa shape index (κ1) is 21.2. The molecule has 0 saturated carbocycles. The number of hydrogen-bond donors (Lipinski definition) is 1. The molecular formula is C19H16Cl2N4O3S2. The van der Waals surface area contributed by atoms with Gasteiger partial charge in [0.2, 0.25) is 15.2 Å². The molecule has 1 aliphatic heterocycles. The van der Waals surface area contributed by atoms with Gasteiger partial charge in [-0.1, -0.05) is 34.5 Å². The molecule has 4 rings (SSSR count). The molecule has 7 nitrogen and oxygen atoms in total. The lowest BCUT2D eigenvalue weighted by molar-refractivity contribution is 0.102. The summed E-state index contributed by atoms with van der Waals surface area (Å²) in [6.45, 7) is 1.06. The lowest BCUT2D eigenvalue weighted by Gasteiger charge is -2.15. The molecule has 0 spiro atoms. The lowest BCUT2D eigenvalue weighted by Crippen LogP contribution is -2.27. The van der Waals surface area contributed by atoms with Gasteiger partial charge in [-0.15, -0.1) is 10.2 Å². The van der Waals surface area contributed by atoms with Crippen LogP contribution in [-0.4, -0.2) is 41.9 Å². The molecule has 11 heteroatoms. The van der Waals surface area contributed by atoms with Crippen molar-refractivity contribution in [3.8, 4) is 10.6 Å². The molecule has 3 aromatic rings. The molecule has 30 heavy (non-hydrogen) atoms. The van der Waals surface area contributed by atoms with E-state index in [1.165, 1.54) is 39.9 Å². The fraction of sp³-hybridized carbons (Fsp3) is 0.211. The van der Waals surface area contributed by atoms with Crippen LogP contribution in [0, 0.1) is 0 Å². The van der Waals surface area contributed by atoms with E-state index >= 15 is 0 Å². The van der Waals surface area contributed by atoms with Gasteiger partial charge < -0.3 is 0 Å². The molecule has 1 aliphatic rings. The van der Waals surface area contributed by atoms with Crippen LogP contribution in [0.15, 0.2) is 47.4 Å². The van der Waals surface area contributed by atoms with Crippen molar-refractivity contribution in [1.82, 2.24) is 14.5 Å². The number of halogens is 2. The Morgan fingerprint density at radius 2 is 1.73 bits per heavy atom. The third kappa shape index (κ3) is 4.35. The van der Waals surface area contributed by atoms with Crippen LogP contribution in [0.2, 0.25) is 10.0 Å². The molecule has 2 heterocycles. The first-order valence-electron chi connectivity index (χ1n) is 9.05. The monoisotopic (exact) mass is 482 g/mol. The van der Waals surface area contributed by atoms with Gasteiger partial charge in [-0.05, 0) is 55.3 Å². The number of rotatable bonds is 5. The van der Waals surface area contributed by atoms with Crippen molar-refractivity contribution < 1.29 is 13.2 Å². The Kier molecular flexibility index (Phi) is 6.08. The number of amides is 1. The molecular weight excluding hydrogens is 467 g/mol. The van der Waals surface area contributed by atoms with Crippen LogP contribution < -0.4 is 5.32 Å². The summed E-state index contributed by atoms with van der Waals surface area (Å²) in [5.41, 5.74) is 0.979. The molecule has 1 fully saturated rings. The van der Waals surface area contributed by atoms with Crippen molar-refractivity contribution >= 4 is 55.6 Å². The zero-order valence-corrected chi connectivity index (χ0v) is 18.7. The Morgan fingerprint density at radius 3 is 2.40 bits per heavy atom. The summed E-state index contributed by atoms with van der Waals surface area (Å²) < 4.78 is 26.6. The number of nitrogens with one attached hydrogen (secondary N) is 1. The summed E-state index contributed by atoms with van der Waals surface area (Å²) in [6, 6.07) is 10.9. The summed E-state index contributed by atoms with van der Waals surface area (Å²) in [5, 5.41) is 12.5. The van der Waals surface area contributed by atoms with Gasteiger partial charge in [-0.25, -0.2) is 8.42 Å². The number of benzene rings is 2. The van der Waals surface area contributed by atoms with Gasteiger partial charge in [0, 0.05) is 29.2 Å². The van der Waals surface area contributed by atoms with Gasteiger partial charge in [-0.3, -0.25) is 10.1 Å². The number of nitrogens with zero attached hydrogens (tertiary/aromatic N) is 3. The van der Waals surface area contributed by atoms with Crippen molar-refractivity contribution in [2.45, 2.75) is 17.7 Å². The van der Waals surface area contributed by atoms with E-state index in [4.69, 9.17) is 23.2 Å². The zero-order chi connectivity index (χ0) is 21.3. The number of sulfonamides is 1. The maximum atomic E-state index is 12.6. The topological polar surface area (TPSA) is 92.3 Å². The van der Waals surface area contributed by atoms with E-state index in [0.717, 1.165) is 12.8 Å². The van der Waals surface area contributed by atoms with Gasteiger partial charge in [0.1, 0.15) is 0 Å². The Bertz CT molecular complexity index is 1190. The van der Waals surface area contributed by atoms with Crippen molar-refractivity contribution in [3.05, 3.63) is 58.1 Å². The number of carbonyl (C=O) groups is 1. The summed E-state index contributed by atoms with van der Waals surface area (Å²) in [7, 11) is -3.52. The van der Waals surface area contributed by atoms with E-state index in [2.05, 4.69) is 15.5 Å². The minimum atomic E-state index is -3.52. The van der Waals surface area contributed by atoms with Crippen LogP contribution in [-0.2, 0) is 10.0 Å². The van der Waals surface area contributed by atoms with Gasteiger partial charge in [0.05, 0.1) is 9.92 Å². The molecule has 0 aliphatic carbocycles. The normalized spacial score (nSPS) is 14.7. The quantitative estimate of drug-likeness (QED) is 0.575. The molecule has 156 valence electrons. The van der Waals surface area contributed by atoms with Crippen LogP contribution in [0.4, 0.5) is 5.13 Å². The SMILES string of the molecule is O=C(Nc1nnc(-c2ccc(Cl)cc2Cl)s1)c1ccc(S(=O)(=O)N2CCCC2)cc1. The van der Waals surface area contributed by atoms with Crippen LogP contribution in [0.5, 0.6) is 0 Å². The van der Waals surface area contributed by atoms with Crippen molar-refractivity contribution in [3.63, 3.8) is 0 Å².